The predicted octanol–water partition coefficient (Wildman–Crippen LogP) is 11.0. The van der Waals surface area contributed by atoms with Gasteiger partial charge in [-0.25, -0.2) is 22.6 Å². The molecule has 0 aliphatic carbocycles. The number of carboxylic acids is 1. The number of fused-ring (bicyclic) bond motifs is 4. The molecule has 6 rings (SSSR count). The Kier molecular flexibility index (Phi) is 41.4. The Morgan fingerprint density at radius 3 is 1.66 bits per heavy atom. The number of nitrogens with zero attached hydrogens (tertiary/aromatic N) is 2. The van der Waals surface area contributed by atoms with E-state index < -0.39 is 106 Å². The van der Waals surface area contributed by atoms with Gasteiger partial charge in [-0.3, -0.25) is 23.5 Å². The number of hydrogen-bond donors (Lipinski definition) is 4. The topological polar surface area (TPSA) is 352 Å². The molecular weight excluding hydrogens is 1480 g/mol. The summed E-state index contributed by atoms with van der Waals surface area (Å²) in [6.45, 7) is 9.39. The maximum Gasteiger partial charge on any atom is 1.00 e. The summed E-state index contributed by atoms with van der Waals surface area (Å²) >= 11 is 0. The molecule has 29 heteroatoms. The number of alkyl carbamates (subject to hydrolysis) is 1. The van der Waals surface area contributed by atoms with E-state index in [2.05, 4.69) is 24.5 Å². The molecule has 25 nitrogen and oxygen atoms in total. The quantitative estimate of drug-likeness (QED) is 0.00607. The zero-order valence-corrected chi connectivity index (χ0v) is 71.3. The molecule has 0 radical (unpaired) electrons. The fraction of sp³-hybridized carbons (Fsp3) is 0.654. The number of carbonyl (C=O) groups is 5. The van der Waals surface area contributed by atoms with E-state index in [4.69, 9.17) is 32.7 Å². The Labute approximate surface area is 675 Å². The molecule has 3 aromatic carbocycles. The zero-order chi connectivity index (χ0) is 79.6. The minimum absolute atomic E-state index is 0. The molecule has 3 aliphatic heterocycles. The van der Waals surface area contributed by atoms with Crippen molar-refractivity contribution in [2.24, 2.45) is 0 Å². The molecule has 3 heterocycles. The summed E-state index contributed by atoms with van der Waals surface area (Å²) < 4.78 is 126. The van der Waals surface area contributed by atoms with Crippen molar-refractivity contribution in [3.63, 3.8) is 0 Å². The van der Waals surface area contributed by atoms with Crippen LogP contribution in [0.4, 0.5) is 10.5 Å². The Hall–Kier alpha value is -5.55. The van der Waals surface area contributed by atoms with Crippen LogP contribution in [0.3, 0.4) is 0 Å². The Morgan fingerprint density at radius 1 is 0.600 bits per heavy atom. The molecule has 0 saturated carbocycles. The molecule has 0 fully saturated rings. The van der Waals surface area contributed by atoms with Crippen molar-refractivity contribution in [2.45, 2.75) is 264 Å². The van der Waals surface area contributed by atoms with Crippen LogP contribution in [0, 0.1) is 0 Å². The number of aromatic carboxylic acids is 1. The molecule has 1 unspecified atom stereocenters. The second-order valence-corrected chi connectivity index (χ2v) is 34.4. The number of likely N-dealkylation sites (N-methyl/N-ethyl adjacent to an activating group) is 2. The summed E-state index contributed by atoms with van der Waals surface area (Å²) in [5, 5.41) is 16.8. The predicted molar refractivity (Wildman–Crippen MR) is 420 cm³/mol. The van der Waals surface area contributed by atoms with Gasteiger partial charge >= 0.3 is 53.6 Å². The van der Waals surface area contributed by atoms with Crippen LogP contribution in [0.5, 0.6) is 11.5 Å². The van der Waals surface area contributed by atoms with E-state index in [0.29, 0.717) is 35.0 Å². The number of phosphoric ester groups is 1. The van der Waals surface area contributed by atoms with Crippen LogP contribution in [0.25, 0.3) is 16.7 Å². The molecule has 2 amide bonds. The SMILES string of the molecule is CCCCCCCCCCCCCCCCCC(=O)OC[C@H](COP(=O)([O-])OCCNC(=O)OCCOCCNC(=O)c1ccc(C2=c3cc4c(cc3Oc3cc5c(cc32)C(CS(=O)(=O)[O-])=CC(C)(C)N5C)=[N+](C)C(C)(C)C=C4CS(=O)(=O)O)c(C(=O)O)c1)OC(=O)CCCCCCCCCCCCCCCCC.[Na+]. The molecule has 610 valence electrons. The van der Waals surface area contributed by atoms with Crippen molar-refractivity contribution in [3.05, 3.63) is 98.6 Å². The zero-order valence-electron chi connectivity index (χ0n) is 66.8. The number of hydrogen-bond acceptors (Lipinski definition) is 20. The van der Waals surface area contributed by atoms with E-state index in [9.17, 15) is 64.5 Å². The Balaban J connectivity index is 0.0000217. The van der Waals surface area contributed by atoms with Crippen molar-refractivity contribution >= 4 is 80.4 Å². The maximum atomic E-state index is 13.7. The number of ether oxygens (including phenoxy) is 5. The molecule has 0 bridgehead atoms. The molecule has 0 spiro atoms. The molecule has 2 atom stereocenters. The van der Waals surface area contributed by atoms with Gasteiger partial charge in [0, 0.05) is 86.1 Å². The average molecular weight is 1610 g/mol. The number of phosphoric acid groups is 1. The number of rotatable bonds is 55. The molecule has 3 aromatic rings. The van der Waals surface area contributed by atoms with Gasteiger partial charge in [0.2, 0.25) is 5.36 Å². The number of carbonyl (C=O) groups excluding carboxylic acids is 4. The first-order valence-corrected chi connectivity index (χ1v) is 44.3. The van der Waals surface area contributed by atoms with E-state index >= 15 is 0 Å². The van der Waals surface area contributed by atoms with Gasteiger partial charge in [0.15, 0.2) is 11.6 Å². The second-order valence-electron chi connectivity index (χ2n) is 30.2. The van der Waals surface area contributed by atoms with Crippen molar-refractivity contribution in [1.82, 2.24) is 15.2 Å². The van der Waals surface area contributed by atoms with E-state index in [1.165, 1.54) is 153 Å². The molecule has 0 saturated heterocycles. The number of benzene rings is 3. The second kappa shape index (κ2) is 48.0. The third-order valence-corrected chi connectivity index (χ3v) is 22.6. The largest absolute Gasteiger partial charge is 1.00 e. The molecular formula is C81H122N4NaO21PS2. The van der Waals surface area contributed by atoms with Crippen molar-refractivity contribution < 1.29 is 127 Å². The van der Waals surface area contributed by atoms with Crippen LogP contribution in [0.2, 0.25) is 0 Å². The van der Waals surface area contributed by atoms with E-state index in [1.54, 1.807) is 50.5 Å². The summed E-state index contributed by atoms with van der Waals surface area (Å²) in [4.78, 5) is 80.2. The van der Waals surface area contributed by atoms with E-state index in [-0.39, 0.29) is 131 Å². The van der Waals surface area contributed by atoms with Crippen molar-refractivity contribution in [1.29, 1.82) is 0 Å². The van der Waals surface area contributed by atoms with E-state index in [1.807, 2.05) is 37.2 Å². The van der Waals surface area contributed by atoms with Gasteiger partial charge in [-0.2, -0.15) is 8.42 Å². The molecule has 3 aliphatic rings. The van der Waals surface area contributed by atoms with Crippen molar-refractivity contribution in [2.75, 3.05) is 83.2 Å². The molecule has 4 N–H and O–H groups in total. The number of unbranched alkanes of at least 4 members (excludes halogenated alkanes) is 28. The number of nitrogens with one attached hydrogen (secondary N) is 2. The van der Waals surface area contributed by atoms with Gasteiger partial charge < -0.3 is 62.8 Å². The van der Waals surface area contributed by atoms with E-state index in [0.717, 1.165) is 44.9 Å². The van der Waals surface area contributed by atoms with Crippen LogP contribution in [0.15, 0.2) is 54.6 Å². The summed E-state index contributed by atoms with van der Waals surface area (Å²) in [5.41, 5.74) is 0.377. The maximum absolute atomic E-state index is 13.7. The van der Waals surface area contributed by atoms with Crippen LogP contribution in [-0.2, 0) is 62.4 Å². The smallest absolute Gasteiger partial charge is 0.756 e. The number of anilines is 1. The number of esters is 2. The average Bonchev–Trinajstić information content (AvgIpc) is 0.715. The first kappa shape index (κ1) is 95.0. The van der Waals surface area contributed by atoms with Crippen LogP contribution in [0.1, 0.15) is 290 Å². The fourth-order valence-corrected chi connectivity index (χ4v) is 15.9. The first-order valence-electron chi connectivity index (χ1n) is 39.6. The minimum Gasteiger partial charge on any atom is -0.756 e. The molecule has 0 aromatic heterocycles. The van der Waals surface area contributed by atoms with Gasteiger partial charge in [-0.05, 0) is 73.7 Å². The monoisotopic (exact) mass is 1600 g/mol. The van der Waals surface area contributed by atoms with Gasteiger partial charge in [-0.15, -0.1) is 0 Å². The standard InChI is InChI=1S/C81H123N4O21PS2.Na/c1-9-11-13-15-17-19-21-23-25-27-29-31-33-35-37-39-74(86)102-56-63(105-75(87)40-38-36-34-32-30-28-26-24-22-20-18-16-14-12-10-2)57-104-107(92,93)103-46-44-83-79(91)101-48-47-100-45-43-82-77(88)60-41-42-64(67(49-60)78(89)90)76-68-50-65-61(58-108(94,95)96)54-80(3,4)84(7)70(65)52-72(68)106-73-53-71-66(51-69(73)76)62(59-109(97,98)99)55-81(5,6)85(71)8;/h41-42,49-55,63H,9-40,43-48,56-59H2,1-8H3,(H5-,82,83,88,89,90,91,92,93,94,95,96,97,98,99);/q;+1/p-1/t63-;/m1./s1. The molecule has 110 heavy (non-hydrogen) atoms. The summed E-state index contributed by atoms with van der Waals surface area (Å²) in [6, 6.07) is 10.6. The summed E-state index contributed by atoms with van der Waals surface area (Å²) in [6.07, 6.45) is 36.8. The number of carboxylic acid groups (broad SMARTS) is 1. The van der Waals surface area contributed by atoms with Crippen molar-refractivity contribution in [3.8, 4) is 11.5 Å². The third-order valence-electron chi connectivity index (χ3n) is 20.3. The summed E-state index contributed by atoms with van der Waals surface area (Å²) in [5.74, 6) is -4.32. The third kappa shape index (κ3) is 33.1. The van der Waals surface area contributed by atoms with Gasteiger partial charge in [0.25, 0.3) is 23.8 Å². The minimum atomic E-state index is -5.03. The number of amides is 2. The van der Waals surface area contributed by atoms with Crippen LogP contribution >= 0.6 is 7.82 Å². The first-order chi connectivity index (χ1) is 51.8. The summed E-state index contributed by atoms with van der Waals surface area (Å²) in [7, 11) is -10.8. The fourth-order valence-electron chi connectivity index (χ4n) is 14.0. The van der Waals surface area contributed by atoms with Crippen LogP contribution in [-0.4, -0.2) is 156 Å². The normalized spacial score (nSPS) is 15.0. The van der Waals surface area contributed by atoms with Gasteiger partial charge in [0.05, 0.1) is 65.0 Å². The van der Waals surface area contributed by atoms with Gasteiger partial charge in [0.1, 0.15) is 37.5 Å². The van der Waals surface area contributed by atoms with Gasteiger partial charge in [-0.1, -0.05) is 206 Å². The van der Waals surface area contributed by atoms with Crippen LogP contribution < -0.4 is 69.9 Å². The Bertz CT molecular complexity index is 4000. The Morgan fingerprint density at radius 2 is 1.13 bits per heavy atom.